The molecule has 0 spiro atoms. The van der Waals surface area contributed by atoms with Gasteiger partial charge in [0.05, 0.1) is 0 Å². The predicted octanol–water partition coefficient (Wildman–Crippen LogP) is 4.80. The van der Waals surface area contributed by atoms with Crippen LogP contribution in [0.15, 0.2) is 66.4 Å². The molecule has 1 aliphatic heterocycles. The molecule has 0 aliphatic carbocycles. The monoisotopic (exact) mass is 415 g/mol. The molecule has 7 nitrogen and oxygen atoms in total. The van der Waals surface area contributed by atoms with E-state index in [4.69, 9.17) is 0 Å². The van der Waals surface area contributed by atoms with E-state index in [9.17, 15) is 9.59 Å². The summed E-state index contributed by atoms with van der Waals surface area (Å²) in [5, 5.41) is 0. The predicted molar refractivity (Wildman–Crippen MR) is 125 cm³/mol. The molecule has 0 fully saturated rings. The molecule has 0 atom stereocenters. The van der Waals surface area contributed by atoms with Crippen molar-refractivity contribution in [1.82, 2.24) is 24.0 Å². The fourth-order valence-electron chi connectivity index (χ4n) is 2.38. The lowest BCUT2D eigenvalue weighted by atomic mass is 10.3. The van der Waals surface area contributed by atoms with Crippen LogP contribution in [-0.4, -0.2) is 36.9 Å². The fraction of sp³-hybridized carbons (Fsp3) is 0.435. The lowest BCUT2D eigenvalue weighted by molar-refractivity contribution is -0.123. The Kier molecular flexibility index (Phi) is 12.5. The van der Waals surface area contributed by atoms with E-state index in [2.05, 4.69) is 25.4 Å². The van der Waals surface area contributed by atoms with Crippen LogP contribution >= 0.6 is 0 Å². The highest BCUT2D eigenvalue weighted by atomic mass is 16.2. The number of carbonyl (C=O) groups is 1. The van der Waals surface area contributed by atoms with Crippen LogP contribution in [0.1, 0.15) is 60.9 Å². The molecule has 0 saturated carbocycles. The average molecular weight is 416 g/mol. The molecule has 0 radical (unpaired) electrons. The van der Waals surface area contributed by atoms with Crippen LogP contribution < -0.4 is 5.43 Å². The Balaban J connectivity index is 0.000000481. The van der Waals surface area contributed by atoms with Crippen LogP contribution in [0.5, 0.6) is 0 Å². The summed E-state index contributed by atoms with van der Waals surface area (Å²) >= 11 is 0. The number of aromatic nitrogens is 3. The molecule has 166 valence electrons. The third kappa shape index (κ3) is 7.06. The molecule has 0 saturated heterocycles. The molecule has 1 aliphatic rings. The summed E-state index contributed by atoms with van der Waals surface area (Å²) in [6.07, 6.45) is 13.0. The van der Waals surface area contributed by atoms with Gasteiger partial charge in [-0.2, -0.15) is 0 Å². The number of rotatable bonds is 3. The van der Waals surface area contributed by atoms with Gasteiger partial charge in [-0.25, -0.2) is 9.50 Å². The van der Waals surface area contributed by atoms with Gasteiger partial charge in [0.2, 0.25) is 5.43 Å². The topological polar surface area (TPSA) is 62.9 Å². The zero-order valence-corrected chi connectivity index (χ0v) is 19.7. The number of hydrogen-bond donors (Lipinski definition) is 0. The van der Waals surface area contributed by atoms with Crippen molar-refractivity contribution in [2.45, 2.75) is 60.9 Å². The summed E-state index contributed by atoms with van der Waals surface area (Å²) in [5.74, 6) is 0.630. The van der Waals surface area contributed by atoms with Gasteiger partial charge >= 0.3 is 0 Å². The highest BCUT2D eigenvalue weighted by Gasteiger charge is 2.17. The van der Waals surface area contributed by atoms with Gasteiger partial charge in [0, 0.05) is 56.2 Å². The second-order valence-corrected chi connectivity index (χ2v) is 6.09. The quantitative estimate of drug-likeness (QED) is 0.722. The Morgan fingerprint density at radius 2 is 1.77 bits per heavy atom. The summed E-state index contributed by atoms with van der Waals surface area (Å²) in [6, 6.07) is 1.86. The van der Waals surface area contributed by atoms with E-state index in [1.165, 1.54) is 11.0 Å². The number of allylic oxidation sites excluding steroid dienone is 1. The maximum Gasteiger partial charge on any atom is 0.257 e. The molecule has 0 bridgehead atoms. The zero-order chi connectivity index (χ0) is 23.3. The molecule has 2 aromatic heterocycles. The molecule has 3 heterocycles. The first-order chi connectivity index (χ1) is 14.4. The van der Waals surface area contributed by atoms with Crippen molar-refractivity contribution in [3.8, 4) is 0 Å². The highest BCUT2D eigenvalue weighted by Crippen LogP contribution is 2.14. The summed E-state index contributed by atoms with van der Waals surface area (Å²) in [5.41, 5.74) is 0.443. The van der Waals surface area contributed by atoms with Crippen LogP contribution in [0.4, 0.5) is 0 Å². The Hall–Kier alpha value is -3.09. The number of carbonyl (C=O) groups excluding carboxylic acids is 1. The summed E-state index contributed by atoms with van der Waals surface area (Å²) in [6.45, 7) is 17.9. The Morgan fingerprint density at radius 3 is 2.33 bits per heavy atom. The number of fused-ring (bicyclic) bond motifs is 1. The second kappa shape index (κ2) is 14.0. The lowest BCUT2D eigenvalue weighted by Gasteiger charge is -2.29. The van der Waals surface area contributed by atoms with Crippen molar-refractivity contribution < 1.29 is 4.79 Å². The van der Waals surface area contributed by atoms with Crippen LogP contribution in [0.2, 0.25) is 0 Å². The molecule has 30 heavy (non-hydrogen) atoms. The van der Waals surface area contributed by atoms with E-state index < -0.39 is 0 Å². The van der Waals surface area contributed by atoms with E-state index in [0.29, 0.717) is 17.5 Å². The van der Waals surface area contributed by atoms with Crippen molar-refractivity contribution in [3.05, 3.63) is 71.8 Å². The van der Waals surface area contributed by atoms with Gasteiger partial charge in [0.25, 0.3) is 5.91 Å². The Labute approximate surface area is 180 Å². The largest absolute Gasteiger partial charge is 0.337 e. The van der Waals surface area contributed by atoms with Crippen molar-refractivity contribution in [1.29, 1.82) is 0 Å². The molecule has 7 heteroatoms. The minimum Gasteiger partial charge on any atom is -0.337 e. The van der Waals surface area contributed by atoms with Gasteiger partial charge in [-0.05, 0) is 20.3 Å². The van der Waals surface area contributed by atoms with E-state index in [1.54, 1.807) is 46.5 Å². The van der Waals surface area contributed by atoms with Crippen LogP contribution in [0.25, 0.3) is 5.65 Å². The first-order valence-corrected chi connectivity index (χ1v) is 10.5. The molecule has 0 N–H and O–H groups in total. The van der Waals surface area contributed by atoms with E-state index in [0.717, 1.165) is 6.42 Å². The average Bonchev–Trinajstić information content (AvgIpc) is 3.25. The Morgan fingerprint density at radius 1 is 1.13 bits per heavy atom. The van der Waals surface area contributed by atoms with Crippen molar-refractivity contribution in [2.24, 2.45) is 0 Å². The zero-order valence-electron chi connectivity index (χ0n) is 19.7. The van der Waals surface area contributed by atoms with E-state index in [-0.39, 0.29) is 11.3 Å². The number of amides is 1. The van der Waals surface area contributed by atoms with Crippen molar-refractivity contribution >= 4 is 11.6 Å². The van der Waals surface area contributed by atoms with Gasteiger partial charge in [0.1, 0.15) is 5.82 Å². The number of imidazole rings is 1. The van der Waals surface area contributed by atoms with Crippen LogP contribution in [-0.2, 0) is 4.79 Å². The lowest BCUT2D eigenvalue weighted by Crippen LogP contribution is -2.33. The van der Waals surface area contributed by atoms with Crippen molar-refractivity contribution in [2.75, 3.05) is 7.05 Å². The summed E-state index contributed by atoms with van der Waals surface area (Å²) < 4.78 is 3.73. The first kappa shape index (κ1) is 26.9. The maximum atomic E-state index is 11.4. The molecule has 1 amide bonds. The maximum absolute atomic E-state index is 11.4. The number of nitrogens with zero attached hydrogens (tertiary/aromatic N) is 5. The summed E-state index contributed by atoms with van der Waals surface area (Å²) in [7, 11) is 1.86. The van der Waals surface area contributed by atoms with Gasteiger partial charge in [-0.15, -0.1) is 0 Å². The minimum atomic E-state index is -0.0483. The van der Waals surface area contributed by atoms with Crippen molar-refractivity contribution in [3.63, 3.8) is 0 Å². The summed E-state index contributed by atoms with van der Waals surface area (Å²) in [4.78, 5) is 30.0. The first-order valence-electron chi connectivity index (χ1n) is 10.5. The molecular formula is C23H37N5O2. The van der Waals surface area contributed by atoms with E-state index >= 15 is 0 Å². The van der Waals surface area contributed by atoms with E-state index in [1.807, 2.05) is 52.4 Å². The van der Waals surface area contributed by atoms with Gasteiger partial charge in [0.15, 0.2) is 5.65 Å². The standard InChI is InChI=1S/C10H14N2O.C9H11N3O.2C2H6/c1-4-5-7-12-9(2)11(3)8-6-10(12)13;1-7(2)11-5-3-8(13)9-10-4-6-12(9)11;2*1-2/h5-8H,2,4H2,1,3H3;3-7H,1-2H3;2*1-2H3/b7-5-;;;. The molecular weight excluding hydrogens is 378 g/mol. The molecule has 2 aromatic rings. The van der Waals surface area contributed by atoms with Gasteiger partial charge < -0.3 is 4.90 Å². The minimum absolute atomic E-state index is 0.0399. The SMILES string of the molecule is C=C1N(C)C=CC(=O)N1/C=C\CC.CC.CC.CC(C)n1ccc(=O)c2nccn21. The van der Waals surface area contributed by atoms with Gasteiger partial charge in [-0.1, -0.05) is 47.3 Å². The third-order valence-electron chi connectivity index (χ3n) is 3.85. The molecule has 0 aromatic carbocycles. The highest BCUT2D eigenvalue weighted by molar-refractivity contribution is 5.90. The third-order valence-corrected chi connectivity index (χ3v) is 3.85. The normalized spacial score (nSPS) is 13.0. The Bertz CT molecular complexity index is 906. The fourth-order valence-corrected chi connectivity index (χ4v) is 2.38. The molecule has 0 unspecified atom stereocenters. The van der Waals surface area contributed by atoms with Crippen LogP contribution in [0, 0.1) is 0 Å². The van der Waals surface area contributed by atoms with Gasteiger partial charge in [-0.3, -0.25) is 19.2 Å². The second-order valence-electron chi connectivity index (χ2n) is 6.09. The van der Waals surface area contributed by atoms with Crippen LogP contribution in [0.3, 0.4) is 0 Å². The molecule has 3 rings (SSSR count). The smallest absolute Gasteiger partial charge is 0.257 e. The number of hydrogen-bond acceptors (Lipinski definition) is 4.